The first-order valence-electron chi connectivity index (χ1n) is 8.47. The van der Waals surface area contributed by atoms with Crippen LogP contribution in [-0.2, 0) is 31.0 Å². The lowest BCUT2D eigenvalue weighted by molar-refractivity contribution is 0.0956. The van der Waals surface area contributed by atoms with Gasteiger partial charge in [0.15, 0.2) is 0 Å². The van der Waals surface area contributed by atoms with Crippen LogP contribution in [0.25, 0.3) is 0 Å². The Balaban J connectivity index is 1.71. The summed E-state index contributed by atoms with van der Waals surface area (Å²) in [6.45, 7) is 2.29. The summed E-state index contributed by atoms with van der Waals surface area (Å²) >= 11 is 0. The molecule has 0 spiro atoms. The quantitative estimate of drug-likeness (QED) is 0.850. The maximum atomic E-state index is 5.76. The first-order chi connectivity index (χ1) is 11.2. The van der Waals surface area contributed by atoms with E-state index in [4.69, 9.17) is 4.74 Å². The molecule has 0 fully saturated rings. The summed E-state index contributed by atoms with van der Waals surface area (Å²) in [4.78, 5) is 2.41. The Bertz CT molecular complexity index is 650. The highest BCUT2D eigenvalue weighted by Crippen LogP contribution is 2.26. The molecule has 0 aliphatic carbocycles. The zero-order valence-corrected chi connectivity index (χ0v) is 14.5. The van der Waals surface area contributed by atoms with Gasteiger partial charge in [-0.2, -0.15) is 5.10 Å². The maximum Gasteiger partial charge on any atom is 0.0825 e. The highest BCUT2D eigenvalue weighted by Gasteiger charge is 2.16. The average Bonchev–Trinajstić information content (AvgIpc) is 2.88. The number of ether oxygens (including phenoxy) is 1. The minimum Gasteiger partial charge on any atom is -0.377 e. The lowest BCUT2D eigenvalue weighted by atomic mass is 9.96. The summed E-state index contributed by atoms with van der Waals surface area (Å²) in [5, 5.41) is 4.46. The molecule has 2 aromatic rings. The van der Waals surface area contributed by atoms with Gasteiger partial charge >= 0.3 is 0 Å². The SMILES string of the molecule is COC(CCc1ccn(C)n1)c1ccc2c(c1)CCN(C)CC2. The number of fused-ring (bicyclic) bond motifs is 1. The molecule has 0 radical (unpaired) electrons. The molecule has 0 saturated carbocycles. The van der Waals surface area contributed by atoms with Crippen LogP contribution in [0.5, 0.6) is 0 Å². The van der Waals surface area contributed by atoms with E-state index >= 15 is 0 Å². The summed E-state index contributed by atoms with van der Waals surface area (Å²) < 4.78 is 7.62. The van der Waals surface area contributed by atoms with Gasteiger partial charge < -0.3 is 9.64 Å². The molecule has 1 aliphatic heterocycles. The van der Waals surface area contributed by atoms with E-state index in [9.17, 15) is 0 Å². The van der Waals surface area contributed by atoms with Crippen molar-refractivity contribution >= 4 is 0 Å². The first kappa shape index (κ1) is 16.2. The van der Waals surface area contributed by atoms with Crippen LogP contribution in [0.3, 0.4) is 0 Å². The van der Waals surface area contributed by atoms with Crippen molar-refractivity contribution in [2.24, 2.45) is 7.05 Å². The Labute approximate surface area is 139 Å². The Morgan fingerprint density at radius 1 is 1.13 bits per heavy atom. The fraction of sp³-hybridized carbons (Fsp3) is 0.526. The van der Waals surface area contributed by atoms with Gasteiger partial charge in [-0.05, 0) is 55.5 Å². The monoisotopic (exact) mass is 313 g/mol. The summed E-state index contributed by atoms with van der Waals surface area (Å²) in [7, 11) is 5.97. The van der Waals surface area contributed by atoms with Crippen molar-refractivity contribution in [2.45, 2.75) is 31.8 Å². The zero-order chi connectivity index (χ0) is 16.2. The number of rotatable bonds is 5. The Kier molecular flexibility index (Phi) is 5.13. The fourth-order valence-corrected chi connectivity index (χ4v) is 3.35. The van der Waals surface area contributed by atoms with Gasteiger partial charge in [-0.1, -0.05) is 18.2 Å². The molecule has 0 N–H and O–H groups in total. The minimum absolute atomic E-state index is 0.142. The van der Waals surface area contributed by atoms with E-state index in [-0.39, 0.29) is 6.10 Å². The molecule has 1 atom stereocenters. The van der Waals surface area contributed by atoms with Crippen LogP contribution in [0.15, 0.2) is 30.5 Å². The molecular formula is C19H27N3O. The number of benzene rings is 1. The summed E-state index contributed by atoms with van der Waals surface area (Å²) in [5.74, 6) is 0. The minimum atomic E-state index is 0.142. The van der Waals surface area contributed by atoms with Crippen LogP contribution >= 0.6 is 0 Å². The van der Waals surface area contributed by atoms with Gasteiger partial charge in [-0.25, -0.2) is 0 Å². The van der Waals surface area contributed by atoms with E-state index in [1.807, 2.05) is 25.0 Å². The molecule has 23 heavy (non-hydrogen) atoms. The Hall–Kier alpha value is -1.65. The predicted octanol–water partition coefficient (Wildman–Crippen LogP) is 2.77. The second-order valence-corrected chi connectivity index (χ2v) is 6.58. The van der Waals surface area contributed by atoms with Crippen LogP contribution in [0.4, 0.5) is 0 Å². The average molecular weight is 313 g/mol. The number of nitrogens with zero attached hydrogens (tertiary/aromatic N) is 3. The van der Waals surface area contributed by atoms with Crippen LogP contribution in [0.2, 0.25) is 0 Å². The van der Waals surface area contributed by atoms with Crippen molar-refractivity contribution in [2.75, 3.05) is 27.2 Å². The molecule has 0 amide bonds. The Morgan fingerprint density at radius 2 is 1.91 bits per heavy atom. The van der Waals surface area contributed by atoms with Crippen LogP contribution in [-0.4, -0.2) is 41.9 Å². The molecule has 1 aromatic heterocycles. The molecule has 0 bridgehead atoms. The summed E-state index contributed by atoms with van der Waals surface area (Å²) in [6.07, 6.45) is 6.33. The first-order valence-corrected chi connectivity index (χ1v) is 8.47. The summed E-state index contributed by atoms with van der Waals surface area (Å²) in [5.41, 5.74) is 5.42. The topological polar surface area (TPSA) is 30.3 Å². The number of methoxy groups -OCH3 is 1. The molecule has 2 heterocycles. The van der Waals surface area contributed by atoms with E-state index < -0.39 is 0 Å². The number of hydrogen-bond acceptors (Lipinski definition) is 3. The number of hydrogen-bond donors (Lipinski definition) is 0. The highest BCUT2D eigenvalue weighted by molar-refractivity contribution is 5.34. The number of likely N-dealkylation sites (N-methyl/N-ethyl adjacent to an activating group) is 1. The van der Waals surface area contributed by atoms with Crippen LogP contribution < -0.4 is 0 Å². The van der Waals surface area contributed by atoms with E-state index in [0.717, 1.165) is 44.5 Å². The number of aryl methyl sites for hydroxylation is 2. The third-order valence-corrected chi connectivity index (χ3v) is 4.84. The highest BCUT2D eigenvalue weighted by atomic mass is 16.5. The molecule has 4 nitrogen and oxygen atoms in total. The maximum absolute atomic E-state index is 5.76. The predicted molar refractivity (Wildman–Crippen MR) is 92.6 cm³/mol. The lowest BCUT2D eigenvalue weighted by Gasteiger charge is -2.17. The molecule has 124 valence electrons. The smallest absolute Gasteiger partial charge is 0.0825 e. The van der Waals surface area contributed by atoms with Gasteiger partial charge in [-0.15, -0.1) is 0 Å². The van der Waals surface area contributed by atoms with Crippen LogP contribution in [0, 0.1) is 0 Å². The van der Waals surface area contributed by atoms with E-state index in [2.05, 4.69) is 41.3 Å². The molecule has 1 aliphatic rings. The molecule has 3 rings (SSSR count). The third-order valence-electron chi connectivity index (χ3n) is 4.84. The van der Waals surface area contributed by atoms with E-state index in [1.54, 1.807) is 0 Å². The van der Waals surface area contributed by atoms with Gasteiger partial charge in [0, 0.05) is 33.4 Å². The van der Waals surface area contributed by atoms with Crippen LogP contribution in [0.1, 0.15) is 34.9 Å². The van der Waals surface area contributed by atoms with Crippen molar-refractivity contribution in [1.29, 1.82) is 0 Å². The second kappa shape index (κ2) is 7.28. The van der Waals surface area contributed by atoms with Crippen molar-refractivity contribution < 1.29 is 4.74 Å². The fourth-order valence-electron chi connectivity index (χ4n) is 3.35. The molecule has 4 heteroatoms. The van der Waals surface area contributed by atoms with Gasteiger partial charge in [0.25, 0.3) is 0 Å². The van der Waals surface area contributed by atoms with Gasteiger partial charge in [0.1, 0.15) is 0 Å². The molecular weight excluding hydrogens is 286 g/mol. The normalized spacial score (nSPS) is 16.8. The zero-order valence-electron chi connectivity index (χ0n) is 14.5. The van der Waals surface area contributed by atoms with E-state index in [1.165, 1.54) is 16.7 Å². The van der Waals surface area contributed by atoms with Crippen molar-refractivity contribution in [3.8, 4) is 0 Å². The third kappa shape index (κ3) is 4.01. The van der Waals surface area contributed by atoms with Crippen molar-refractivity contribution in [3.05, 3.63) is 52.8 Å². The van der Waals surface area contributed by atoms with Crippen molar-refractivity contribution in [3.63, 3.8) is 0 Å². The standard InChI is InChI=1S/C19H27N3O/c1-21-11-8-15-4-5-17(14-16(15)9-12-21)19(23-3)7-6-18-10-13-22(2)20-18/h4-5,10,13-14,19H,6-9,11-12H2,1-3H3. The van der Waals surface area contributed by atoms with Crippen molar-refractivity contribution in [1.82, 2.24) is 14.7 Å². The largest absolute Gasteiger partial charge is 0.377 e. The van der Waals surface area contributed by atoms with E-state index in [0.29, 0.717) is 0 Å². The summed E-state index contributed by atoms with van der Waals surface area (Å²) in [6, 6.07) is 8.99. The second-order valence-electron chi connectivity index (χ2n) is 6.58. The molecule has 1 aromatic carbocycles. The van der Waals surface area contributed by atoms with Gasteiger partial charge in [0.05, 0.1) is 11.8 Å². The van der Waals surface area contributed by atoms with Gasteiger partial charge in [-0.3, -0.25) is 4.68 Å². The molecule has 1 unspecified atom stereocenters. The number of aromatic nitrogens is 2. The van der Waals surface area contributed by atoms with Gasteiger partial charge in [0.2, 0.25) is 0 Å². The Morgan fingerprint density at radius 3 is 2.61 bits per heavy atom. The molecule has 0 saturated heterocycles. The lowest BCUT2D eigenvalue weighted by Crippen LogP contribution is -2.20.